The van der Waals surface area contributed by atoms with Crippen molar-refractivity contribution in [2.75, 3.05) is 5.32 Å². The first-order valence-corrected chi connectivity index (χ1v) is 9.40. The molecule has 3 aromatic rings. The zero-order chi connectivity index (χ0) is 20.5. The lowest BCUT2D eigenvalue weighted by atomic mass is 10.2. The van der Waals surface area contributed by atoms with E-state index in [9.17, 15) is 0 Å². The van der Waals surface area contributed by atoms with Crippen molar-refractivity contribution in [2.24, 2.45) is 5.73 Å². The molecule has 6 nitrogen and oxygen atoms in total. The zero-order valence-corrected chi connectivity index (χ0v) is 16.5. The highest BCUT2D eigenvalue weighted by Gasteiger charge is 2.09. The quantitative estimate of drug-likeness (QED) is 0.269. The van der Waals surface area contributed by atoms with E-state index in [1.54, 1.807) is 6.07 Å². The van der Waals surface area contributed by atoms with Crippen LogP contribution in [0.3, 0.4) is 0 Å². The molecule has 0 saturated carbocycles. The van der Waals surface area contributed by atoms with Gasteiger partial charge in [-0.1, -0.05) is 60.7 Å². The van der Waals surface area contributed by atoms with Gasteiger partial charge in [-0.3, -0.25) is 5.41 Å². The molecule has 5 N–H and O–H groups in total. The van der Waals surface area contributed by atoms with E-state index in [-0.39, 0.29) is 11.1 Å². The normalized spacial score (nSPS) is 10.1. The van der Waals surface area contributed by atoms with E-state index in [1.165, 1.54) is 0 Å². The molecule has 0 amide bonds. The molecule has 3 aromatic carbocycles. The minimum absolute atomic E-state index is 0.226. The number of benzene rings is 3. The van der Waals surface area contributed by atoms with Gasteiger partial charge in [-0.25, -0.2) is 0 Å². The number of hydrogen-bond acceptors (Lipinski definition) is 4. The van der Waals surface area contributed by atoms with Crippen molar-refractivity contribution in [2.45, 2.75) is 13.2 Å². The van der Waals surface area contributed by atoms with Crippen LogP contribution in [0.15, 0.2) is 78.9 Å². The first-order chi connectivity index (χ1) is 14.1. The summed E-state index contributed by atoms with van der Waals surface area (Å²) in [6.07, 6.45) is 0. The Kier molecular flexibility index (Phi) is 7.02. The number of hydrogen-bond donors (Lipinski definition) is 4. The average molecular weight is 407 g/mol. The van der Waals surface area contributed by atoms with Gasteiger partial charge in [0.1, 0.15) is 13.2 Å². The molecule has 0 heterocycles. The lowest BCUT2D eigenvalue weighted by molar-refractivity contribution is 0.256. The van der Waals surface area contributed by atoms with Crippen LogP contribution in [0.2, 0.25) is 0 Å². The van der Waals surface area contributed by atoms with E-state index in [0.29, 0.717) is 30.4 Å². The van der Waals surface area contributed by atoms with Gasteiger partial charge in [0.2, 0.25) is 0 Å². The predicted octanol–water partition coefficient (Wildman–Crippen LogP) is 4.02. The second-order valence-corrected chi connectivity index (χ2v) is 6.61. The van der Waals surface area contributed by atoms with Gasteiger partial charge in [0.15, 0.2) is 22.6 Å². The predicted molar refractivity (Wildman–Crippen MR) is 119 cm³/mol. The third-order valence-corrected chi connectivity index (χ3v) is 4.13. The Morgan fingerprint density at radius 2 is 1.38 bits per heavy atom. The van der Waals surface area contributed by atoms with Gasteiger partial charge in [-0.2, -0.15) is 0 Å². The van der Waals surface area contributed by atoms with Crippen molar-refractivity contribution in [3.63, 3.8) is 0 Å². The summed E-state index contributed by atoms with van der Waals surface area (Å²) in [7, 11) is 0. The van der Waals surface area contributed by atoms with Gasteiger partial charge in [0, 0.05) is 11.8 Å². The van der Waals surface area contributed by atoms with Crippen LogP contribution >= 0.6 is 12.2 Å². The summed E-state index contributed by atoms with van der Waals surface area (Å²) < 4.78 is 12.0. The third-order valence-electron chi connectivity index (χ3n) is 3.92. The minimum atomic E-state index is -0.231. The summed E-state index contributed by atoms with van der Waals surface area (Å²) in [5.74, 6) is 0.979. The van der Waals surface area contributed by atoms with Crippen molar-refractivity contribution < 1.29 is 9.47 Å². The first-order valence-electron chi connectivity index (χ1n) is 8.99. The third kappa shape index (κ3) is 6.51. The number of anilines is 1. The fraction of sp³-hybridized carbons (Fsp3) is 0.0909. The number of nitrogens with two attached hydrogens (primary N) is 1. The van der Waals surface area contributed by atoms with E-state index < -0.39 is 0 Å². The molecule has 3 rings (SSSR count). The first kappa shape index (κ1) is 20.2. The second-order valence-electron chi connectivity index (χ2n) is 6.20. The maximum Gasteiger partial charge on any atom is 0.192 e. The molecule has 0 spiro atoms. The Labute approximate surface area is 175 Å². The Morgan fingerprint density at radius 3 is 1.93 bits per heavy atom. The van der Waals surface area contributed by atoms with Crippen molar-refractivity contribution in [3.8, 4) is 11.5 Å². The van der Waals surface area contributed by atoms with Crippen molar-refractivity contribution in [1.82, 2.24) is 5.32 Å². The monoisotopic (exact) mass is 406 g/mol. The Bertz CT molecular complexity index is 965. The van der Waals surface area contributed by atoms with Gasteiger partial charge in [-0.15, -0.1) is 0 Å². The lowest BCUT2D eigenvalue weighted by Gasteiger charge is -2.16. The van der Waals surface area contributed by atoms with Crippen LogP contribution in [-0.4, -0.2) is 11.1 Å². The summed E-state index contributed by atoms with van der Waals surface area (Å²) in [5, 5.41) is 13.0. The molecule has 0 bridgehead atoms. The van der Waals surface area contributed by atoms with Gasteiger partial charge in [-0.05, 0) is 35.5 Å². The van der Waals surface area contributed by atoms with Crippen LogP contribution in [0, 0.1) is 5.41 Å². The highest BCUT2D eigenvalue weighted by atomic mass is 32.1. The van der Waals surface area contributed by atoms with E-state index in [1.807, 2.05) is 72.8 Å². The molecular formula is C22H22N4O2S. The van der Waals surface area contributed by atoms with Crippen LogP contribution in [0.5, 0.6) is 11.5 Å². The lowest BCUT2D eigenvalue weighted by Crippen LogP contribution is -2.38. The van der Waals surface area contributed by atoms with Gasteiger partial charge in [0.25, 0.3) is 0 Å². The maximum absolute atomic E-state index is 7.26. The van der Waals surface area contributed by atoms with Crippen molar-refractivity contribution >= 4 is 29.0 Å². The molecule has 0 aromatic heterocycles. The molecule has 0 aliphatic carbocycles. The zero-order valence-electron chi connectivity index (χ0n) is 15.7. The standard InChI is InChI=1S/C22H22N4O2S/c23-21(24)26-22(29)25-18-11-12-19(27-14-16-7-3-1-4-8-16)20(13-18)28-15-17-9-5-2-6-10-17/h1-13H,14-15H2,(H5,23,24,25,26,29). The van der Waals surface area contributed by atoms with E-state index in [0.717, 1.165) is 11.1 Å². The fourth-order valence-corrected chi connectivity index (χ4v) is 2.80. The largest absolute Gasteiger partial charge is 0.485 e. The summed E-state index contributed by atoms with van der Waals surface area (Å²) in [6, 6.07) is 25.3. The molecule has 0 saturated heterocycles. The topological polar surface area (TPSA) is 92.4 Å². The molecule has 7 heteroatoms. The molecule has 148 valence electrons. The molecule has 0 unspecified atom stereocenters. The number of rotatable bonds is 7. The van der Waals surface area contributed by atoms with E-state index >= 15 is 0 Å². The molecule has 0 fully saturated rings. The minimum Gasteiger partial charge on any atom is -0.485 e. The second kappa shape index (κ2) is 10.1. The molecule has 0 aliphatic heterocycles. The van der Waals surface area contributed by atoms with Gasteiger partial charge >= 0.3 is 0 Å². The maximum atomic E-state index is 7.26. The average Bonchev–Trinajstić information content (AvgIpc) is 2.72. The van der Waals surface area contributed by atoms with Crippen LogP contribution in [0.25, 0.3) is 0 Å². The number of thiocarbonyl (C=S) groups is 1. The Hall–Kier alpha value is -3.58. The van der Waals surface area contributed by atoms with Gasteiger partial charge < -0.3 is 25.8 Å². The van der Waals surface area contributed by atoms with Crippen LogP contribution in [-0.2, 0) is 13.2 Å². The smallest absolute Gasteiger partial charge is 0.192 e. The number of nitrogens with one attached hydrogen (secondary N) is 3. The van der Waals surface area contributed by atoms with Crippen molar-refractivity contribution in [3.05, 3.63) is 90.0 Å². The number of ether oxygens (including phenoxy) is 2. The summed E-state index contributed by atoms with van der Waals surface area (Å²) >= 11 is 5.13. The highest BCUT2D eigenvalue weighted by Crippen LogP contribution is 2.32. The van der Waals surface area contributed by atoms with Gasteiger partial charge in [0.05, 0.1) is 0 Å². The van der Waals surface area contributed by atoms with Crippen molar-refractivity contribution in [1.29, 1.82) is 5.41 Å². The Balaban J connectivity index is 1.75. The summed E-state index contributed by atoms with van der Waals surface area (Å²) in [5.41, 5.74) is 8.12. The van der Waals surface area contributed by atoms with E-state index in [4.69, 9.17) is 32.8 Å². The SMILES string of the molecule is N=C(N)NC(=S)Nc1ccc(OCc2ccccc2)c(OCc2ccccc2)c1. The highest BCUT2D eigenvalue weighted by molar-refractivity contribution is 7.80. The molecule has 0 radical (unpaired) electrons. The summed E-state index contributed by atoms with van der Waals surface area (Å²) in [6.45, 7) is 0.835. The van der Waals surface area contributed by atoms with Crippen LogP contribution < -0.4 is 25.8 Å². The number of guanidine groups is 1. The van der Waals surface area contributed by atoms with Crippen LogP contribution in [0.1, 0.15) is 11.1 Å². The molecular weight excluding hydrogens is 384 g/mol. The fourth-order valence-electron chi connectivity index (χ4n) is 2.57. The molecule has 29 heavy (non-hydrogen) atoms. The summed E-state index contributed by atoms with van der Waals surface area (Å²) in [4.78, 5) is 0. The Morgan fingerprint density at radius 1 is 0.828 bits per heavy atom. The molecule has 0 aliphatic rings. The van der Waals surface area contributed by atoms with Crippen LogP contribution in [0.4, 0.5) is 5.69 Å². The molecule has 0 atom stereocenters. The van der Waals surface area contributed by atoms with E-state index in [2.05, 4.69) is 10.6 Å².